The van der Waals surface area contributed by atoms with Gasteiger partial charge in [-0.15, -0.1) is 0 Å². The van der Waals surface area contributed by atoms with Gasteiger partial charge in [0.1, 0.15) is 11.4 Å². The van der Waals surface area contributed by atoms with Crippen LogP contribution in [0, 0.1) is 0 Å². The second kappa shape index (κ2) is 6.09. The zero-order valence-electron chi connectivity index (χ0n) is 11.7. The molecule has 3 rings (SSSR count). The van der Waals surface area contributed by atoms with Crippen molar-refractivity contribution in [1.82, 2.24) is 5.16 Å². The molecule has 0 saturated heterocycles. The molecule has 0 bridgehead atoms. The Kier molecular flexibility index (Phi) is 3.83. The minimum absolute atomic E-state index is 0.727. The average molecular weight is 277 g/mol. The SMILES string of the molecule is COc1ccc(-c2cc(/C=C\c3ccccc3)on2)cc1. The lowest BCUT2D eigenvalue weighted by Crippen LogP contribution is -1.82. The predicted octanol–water partition coefficient (Wildman–Crippen LogP) is 4.52. The van der Waals surface area contributed by atoms with Gasteiger partial charge in [-0.2, -0.15) is 0 Å². The summed E-state index contributed by atoms with van der Waals surface area (Å²) >= 11 is 0. The number of methoxy groups -OCH3 is 1. The molecule has 2 aromatic carbocycles. The van der Waals surface area contributed by atoms with E-state index in [1.54, 1.807) is 7.11 Å². The minimum atomic E-state index is 0.727. The van der Waals surface area contributed by atoms with E-state index < -0.39 is 0 Å². The first-order chi connectivity index (χ1) is 10.3. The van der Waals surface area contributed by atoms with Gasteiger partial charge in [-0.05, 0) is 35.9 Å². The molecule has 0 aliphatic rings. The van der Waals surface area contributed by atoms with Gasteiger partial charge < -0.3 is 9.26 Å². The lowest BCUT2D eigenvalue weighted by Gasteiger charge is -1.99. The van der Waals surface area contributed by atoms with Gasteiger partial charge in [0, 0.05) is 11.6 Å². The summed E-state index contributed by atoms with van der Waals surface area (Å²) in [7, 11) is 1.65. The summed E-state index contributed by atoms with van der Waals surface area (Å²) in [6.07, 6.45) is 3.91. The lowest BCUT2D eigenvalue weighted by atomic mass is 10.1. The molecule has 0 aliphatic heterocycles. The third-order valence-corrected chi connectivity index (χ3v) is 3.15. The molecule has 0 aliphatic carbocycles. The fourth-order valence-electron chi connectivity index (χ4n) is 2.01. The van der Waals surface area contributed by atoms with E-state index in [0.717, 1.165) is 28.3 Å². The maximum absolute atomic E-state index is 5.33. The van der Waals surface area contributed by atoms with Crippen molar-refractivity contribution in [2.24, 2.45) is 0 Å². The van der Waals surface area contributed by atoms with Crippen molar-refractivity contribution in [2.45, 2.75) is 0 Å². The lowest BCUT2D eigenvalue weighted by molar-refractivity contribution is 0.413. The number of ether oxygens (including phenoxy) is 1. The monoisotopic (exact) mass is 277 g/mol. The smallest absolute Gasteiger partial charge is 0.160 e. The normalized spacial score (nSPS) is 10.9. The third-order valence-electron chi connectivity index (χ3n) is 3.15. The Morgan fingerprint density at radius 3 is 2.43 bits per heavy atom. The first-order valence-corrected chi connectivity index (χ1v) is 6.69. The van der Waals surface area contributed by atoms with Crippen LogP contribution in [0.25, 0.3) is 23.4 Å². The molecule has 0 spiro atoms. The van der Waals surface area contributed by atoms with Gasteiger partial charge in [-0.25, -0.2) is 0 Å². The maximum atomic E-state index is 5.33. The molecule has 0 fully saturated rings. The van der Waals surface area contributed by atoms with Crippen LogP contribution in [0.2, 0.25) is 0 Å². The molecule has 3 nitrogen and oxygen atoms in total. The van der Waals surface area contributed by atoms with Crippen LogP contribution in [0.3, 0.4) is 0 Å². The van der Waals surface area contributed by atoms with Gasteiger partial charge in [0.2, 0.25) is 0 Å². The highest BCUT2D eigenvalue weighted by molar-refractivity contribution is 5.70. The van der Waals surface area contributed by atoms with Crippen LogP contribution in [0.4, 0.5) is 0 Å². The molecule has 0 unspecified atom stereocenters. The largest absolute Gasteiger partial charge is 0.497 e. The number of hydrogen-bond acceptors (Lipinski definition) is 3. The van der Waals surface area contributed by atoms with Crippen molar-refractivity contribution in [1.29, 1.82) is 0 Å². The molecular formula is C18H15NO2. The zero-order chi connectivity index (χ0) is 14.5. The molecule has 0 radical (unpaired) electrons. The van der Waals surface area contributed by atoms with E-state index in [2.05, 4.69) is 5.16 Å². The Hall–Kier alpha value is -2.81. The summed E-state index contributed by atoms with van der Waals surface area (Å²) in [5, 5.41) is 4.09. The minimum Gasteiger partial charge on any atom is -0.497 e. The van der Waals surface area contributed by atoms with Crippen LogP contribution in [0.5, 0.6) is 5.75 Å². The van der Waals surface area contributed by atoms with E-state index >= 15 is 0 Å². The number of rotatable bonds is 4. The highest BCUT2D eigenvalue weighted by atomic mass is 16.5. The van der Waals surface area contributed by atoms with Gasteiger partial charge in [0.25, 0.3) is 0 Å². The van der Waals surface area contributed by atoms with Gasteiger partial charge in [-0.1, -0.05) is 41.6 Å². The molecule has 0 amide bonds. The highest BCUT2D eigenvalue weighted by Gasteiger charge is 2.04. The Balaban J connectivity index is 1.78. The number of nitrogens with zero attached hydrogens (tertiary/aromatic N) is 1. The molecule has 0 N–H and O–H groups in total. The molecule has 3 aromatic rings. The van der Waals surface area contributed by atoms with Crippen molar-refractivity contribution < 1.29 is 9.26 Å². The summed E-state index contributed by atoms with van der Waals surface area (Å²) in [5.41, 5.74) is 2.93. The van der Waals surface area contributed by atoms with Gasteiger partial charge in [0.05, 0.1) is 7.11 Å². The first kappa shape index (κ1) is 13.2. The molecule has 1 aromatic heterocycles. The second-order valence-electron chi connectivity index (χ2n) is 4.59. The molecule has 0 saturated carbocycles. The van der Waals surface area contributed by atoms with Crippen LogP contribution in [-0.2, 0) is 0 Å². The van der Waals surface area contributed by atoms with Crippen molar-refractivity contribution >= 4 is 12.2 Å². The van der Waals surface area contributed by atoms with Crippen molar-refractivity contribution in [2.75, 3.05) is 7.11 Å². The Morgan fingerprint density at radius 2 is 1.71 bits per heavy atom. The number of benzene rings is 2. The first-order valence-electron chi connectivity index (χ1n) is 6.69. The van der Waals surface area contributed by atoms with E-state index in [0.29, 0.717) is 0 Å². The van der Waals surface area contributed by atoms with E-state index in [4.69, 9.17) is 9.26 Å². The Bertz CT molecular complexity index is 727. The van der Waals surface area contributed by atoms with E-state index in [1.165, 1.54) is 0 Å². The van der Waals surface area contributed by atoms with Crippen molar-refractivity contribution in [3.63, 3.8) is 0 Å². The van der Waals surface area contributed by atoms with Crippen LogP contribution in [0.1, 0.15) is 11.3 Å². The summed E-state index contributed by atoms with van der Waals surface area (Å²) in [5.74, 6) is 1.55. The fourth-order valence-corrected chi connectivity index (χ4v) is 2.01. The molecular weight excluding hydrogens is 262 g/mol. The summed E-state index contributed by atoms with van der Waals surface area (Å²) in [4.78, 5) is 0. The average Bonchev–Trinajstić information content (AvgIpc) is 3.03. The summed E-state index contributed by atoms with van der Waals surface area (Å²) in [6, 6.07) is 19.7. The van der Waals surface area contributed by atoms with Crippen LogP contribution in [0.15, 0.2) is 65.2 Å². The standard InChI is InChI=1S/C18H15NO2/c1-20-16-11-8-15(9-12-16)18-13-17(21-19-18)10-7-14-5-3-2-4-6-14/h2-13H,1H3/b10-7-. The summed E-state index contributed by atoms with van der Waals surface area (Å²) in [6.45, 7) is 0. The molecule has 104 valence electrons. The van der Waals surface area contributed by atoms with Crippen molar-refractivity contribution in [3.8, 4) is 17.0 Å². The molecule has 0 atom stereocenters. The van der Waals surface area contributed by atoms with E-state index in [9.17, 15) is 0 Å². The van der Waals surface area contributed by atoms with Gasteiger partial charge in [-0.3, -0.25) is 0 Å². The van der Waals surface area contributed by atoms with Crippen LogP contribution >= 0.6 is 0 Å². The summed E-state index contributed by atoms with van der Waals surface area (Å²) < 4.78 is 10.5. The van der Waals surface area contributed by atoms with E-state index in [-0.39, 0.29) is 0 Å². The third kappa shape index (κ3) is 3.20. The quantitative estimate of drug-likeness (QED) is 0.703. The number of aromatic nitrogens is 1. The molecule has 1 heterocycles. The van der Waals surface area contributed by atoms with Crippen LogP contribution in [-0.4, -0.2) is 12.3 Å². The highest BCUT2D eigenvalue weighted by Crippen LogP contribution is 2.22. The number of hydrogen-bond donors (Lipinski definition) is 0. The van der Waals surface area contributed by atoms with E-state index in [1.807, 2.05) is 72.8 Å². The topological polar surface area (TPSA) is 35.3 Å². The molecule has 21 heavy (non-hydrogen) atoms. The predicted molar refractivity (Wildman–Crippen MR) is 83.9 cm³/mol. The Morgan fingerprint density at radius 1 is 0.952 bits per heavy atom. The Labute approximate surface area is 123 Å². The van der Waals surface area contributed by atoms with Gasteiger partial charge >= 0.3 is 0 Å². The second-order valence-corrected chi connectivity index (χ2v) is 4.59. The van der Waals surface area contributed by atoms with Crippen molar-refractivity contribution in [3.05, 3.63) is 72.0 Å². The maximum Gasteiger partial charge on any atom is 0.160 e. The molecule has 3 heteroatoms. The zero-order valence-corrected chi connectivity index (χ0v) is 11.7. The fraction of sp³-hybridized carbons (Fsp3) is 0.0556. The van der Waals surface area contributed by atoms with Gasteiger partial charge in [0.15, 0.2) is 5.76 Å². The van der Waals surface area contributed by atoms with Crippen LogP contribution < -0.4 is 4.74 Å².